The van der Waals surface area contributed by atoms with Crippen LogP contribution in [-0.4, -0.2) is 35.5 Å². The average Bonchev–Trinajstić information content (AvgIpc) is 2.53. The lowest BCUT2D eigenvalue weighted by atomic mass is 10.1. The number of rotatable bonds is 3. The minimum atomic E-state index is 0. The van der Waals surface area contributed by atoms with Crippen molar-refractivity contribution < 1.29 is 4.79 Å². The summed E-state index contributed by atoms with van der Waals surface area (Å²) in [5.41, 5.74) is 0. The Morgan fingerprint density at radius 3 is 2.13 bits per heavy atom. The minimum Gasteiger partial charge on any atom is -0.336 e. The molecule has 1 atom stereocenters. The highest BCUT2D eigenvalue weighted by atomic mass is 16.2. The second kappa shape index (κ2) is 6.11. The second-order valence-corrected chi connectivity index (χ2v) is 4.58. The summed E-state index contributed by atoms with van der Waals surface area (Å²) in [6, 6.07) is 0.662. The zero-order valence-electron chi connectivity index (χ0n) is 9.71. The van der Waals surface area contributed by atoms with E-state index in [0.29, 0.717) is 12.1 Å². The fraction of sp³-hybridized carbons (Fsp3) is 0.917. The molecule has 0 aromatic carbocycles. The van der Waals surface area contributed by atoms with Crippen molar-refractivity contribution in [1.82, 2.24) is 10.2 Å². The van der Waals surface area contributed by atoms with Crippen LogP contribution >= 0.6 is 0 Å². The van der Waals surface area contributed by atoms with Crippen molar-refractivity contribution in [3.8, 4) is 0 Å². The molecule has 0 aliphatic carbocycles. The summed E-state index contributed by atoms with van der Waals surface area (Å²) in [6.07, 6.45) is 2.12. The van der Waals surface area contributed by atoms with Crippen LogP contribution in [0.1, 0.15) is 48.0 Å². The molecule has 15 heavy (non-hydrogen) atoms. The molecule has 1 fully saturated rings. The third-order valence-corrected chi connectivity index (χ3v) is 2.73. The Morgan fingerprint density at radius 2 is 1.80 bits per heavy atom. The van der Waals surface area contributed by atoms with Crippen LogP contribution in [0.15, 0.2) is 0 Å². The summed E-state index contributed by atoms with van der Waals surface area (Å²) in [5, 5.41) is 3.26. The lowest BCUT2D eigenvalue weighted by Gasteiger charge is -2.33. The average molecular weight is 214 g/mol. The molecule has 1 aliphatic heterocycles. The highest BCUT2D eigenvalue weighted by Gasteiger charge is 2.29. The van der Waals surface area contributed by atoms with Crippen molar-refractivity contribution in [3.63, 3.8) is 0 Å². The molecule has 1 heterocycles. The van der Waals surface area contributed by atoms with E-state index in [1.54, 1.807) is 0 Å². The summed E-state index contributed by atoms with van der Waals surface area (Å²) >= 11 is 0. The lowest BCUT2D eigenvalue weighted by molar-refractivity contribution is -0.136. The van der Waals surface area contributed by atoms with E-state index in [-0.39, 0.29) is 19.4 Å². The first-order valence-electron chi connectivity index (χ1n) is 5.59. The van der Waals surface area contributed by atoms with Gasteiger partial charge in [0.05, 0.1) is 6.04 Å². The molecule has 0 spiro atoms. The SMILES string of the molecule is C.CC(C)N(C(=O)[C@H]1CCCN1)C(C)C. The third kappa shape index (κ3) is 3.49. The Hall–Kier alpha value is -0.570. The van der Waals surface area contributed by atoms with E-state index in [0.717, 1.165) is 19.4 Å². The Morgan fingerprint density at radius 1 is 1.27 bits per heavy atom. The first kappa shape index (κ1) is 14.4. The van der Waals surface area contributed by atoms with E-state index >= 15 is 0 Å². The van der Waals surface area contributed by atoms with Gasteiger partial charge in [-0.25, -0.2) is 0 Å². The maximum atomic E-state index is 12.1. The van der Waals surface area contributed by atoms with E-state index in [9.17, 15) is 4.79 Å². The van der Waals surface area contributed by atoms with Crippen LogP contribution in [0, 0.1) is 0 Å². The molecule has 90 valence electrons. The van der Waals surface area contributed by atoms with Gasteiger partial charge in [0, 0.05) is 12.1 Å². The van der Waals surface area contributed by atoms with E-state index in [1.165, 1.54) is 0 Å². The summed E-state index contributed by atoms with van der Waals surface area (Å²) < 4.78 is 0. The molecular formula is C12H26N2O. The van der Waals surface area contributed by atoms with Crippen LogP contribution in [0.2, 0.25) is 0 Å². The number of nitrogens with one attached hydrogen (secondary N) is 1. The van der Waals surface area contributed by atoms with Crippen LogP contribution in [0.4, 0.5) is 0 Å². The standard InChI is InChI=1S/C11H22N2O.CH4/c1-8(2)13(9(3)4)11(14)10-6-5-7-12-10;/h8-10,12H,5-7H2,1-4H3;1H4/t10-;/m1./s1. The predicted molar refractivity (Wildman–Crippen MR) is 64.9 cm³/mol. The van der Waals surface area contributed by atoms with Gasteiger partial charge in [-0.3, -0.25) is 4.79 Å². The van der Waals surface area contributed by atoms with Gasteiger partial charge in [-0.2, -0.15) is 0 Å². The number of nitrogens with zero attached hydrogens (tertiary/aromatic N) is 1. The number of carbonyl (C=O) groups excluding carboxylic acids is 1. The summed E-state index contributed by atoms with van der Waals surface area (Å²) in [4.78, 5) is 14.1. The van der Waals surface area contributed by atoms with Gasteiger partial charge in [-0.15, -0.1) is 0 Å². The predicted octanol–water partition coefficient (Wildman–Crippen LogP) is 2.02. The van der Waals surface area contributed by atoms with Crippen molar-refractivity contribution in [3.05, 3.63) is 0 Å². The molecular weight excluding hydrogens is 188 g/mol. The van der Waals surface area contributed by atoms with Crippen molar-refractivity contribution in [2.24, 2.45) is 0 Å². The van der Waals surface area contributed by atoms with Crippen LogP contribution in [0.5, 0.6) is 0 Å². The first-order valence-corrected chi connectivity index (χ1v) is 5.59. The lowest BCUT2D eigenvalue weighted by Crippen LogP contribution is -2.49. The Labute approximate surface area is 94.2 Å². The van der Waals surface area contributed by atoms with Gasteiger partial charge in [0.25, 0.3) is 0 Å². The molecule has 0 aromatic rings. The van der Waals surface area contributed by atoms with E-state index in [1.807, 2.05) is 4.90 Å². The van der Waals surface area contributed by atoms with Crippen molar-refractivity contribution in [2.45, 2.75) is 66.1 Å². The van der Waals surface area contributed by atoms with Crippen molar-refractivity contribution in [1.29, 1.82) is 0 Å². The normalized spacial score (nSPS) is 20.5. The Balaban J connectivity index is 0.00000196. The Bertz CT molecular complexity index is 188. The summed E-state index contributed by atoms with van der Waals surface area (Å²) in [5.74, 6) is 0.271. The second-order valence-electron chi connectivity index (χ2n) is 4.58. The van der Waals surface area contributed by atoms with Crippen molar-refractivity contribution in [2.75, 3.05) is 6.54 Å². The quantitative estimate of drug-likeness (QED) is 0.779. The van der Waals surface area contributed by atoms with Gasteiger partial charge in [0.15, 0.2) is 0 Å². The van der Waals surface area contributed by atoms with Gasteiger partial charge in [-0.1, -0.05) is 7.43 Å². The molecule has 3 nitrogen and oxygen atoms in total. The smallest absolute Gasteiger partial charge is 0.240 e. The maximum absolute atomic E-state index is 12.1. The van der Waals surface area contributed by atoms with Gasteiger partial charge >= 0.3 is 0 Å². The van der Waals surface area contributed by atoms with Crippen LogP contribution in [0.25, 0.3) is 0 Å². The number of amides is 1. The molecule has 0 aromatic heterocycles. The molecule has 0 radical (unpaired) electrons. The van der Waals surface area contributed by atoms with Gasteiger partial charge < -0.3 is 10.2 Å². The maximum Gasteiger partial charge on any atom is 0.240 e. The van der Waals surface area contributed by atoms with Crippen LogP contribution < -0.4 is 5.32 Å². The fourth-order valence-electron chi connectivity index (χ4n) is 2.18. The molecule has 3 heteroatoms. The molecule has 1 amide bonds. The number of hydrogen-bond donors (Lipinski definition) is 1. The van der Waals surface area contributed by atoms with E-state index < -0.39 is 0 Å². The van der Waals surface area contributed by atoms with Crippen LogP contribution in [0.3, 0.4) is 0 Å². The fourth-order valence-corrected chi connectivity index (χ4v) is 2.18. The van der Waals surface area contributed by atoms with Crippen molar-refractivity contribution >= 4 is 5.91 Å². The zero-order chi connectivity index (χ0) is 10.7. The first-order chi connectivity index (χ1) is 6.54. The summed E-state index contributed by atoms with van der Waals surface area (Å²) in [7, 11) is 0. The van der Waals surface area contributed by atoms with Gasteiger partial charge in [0.1, 0.15) is 0 Å². The minimum absolute atomic E-state index is 0. The van der Waals surface area contributed by atoms with Crippen LogP contribution in [-0.2, 0) is 4.79 Å². The molecule has 1 N–H and O–H groups in total. The van der Waals surface area contributed by atoms with Gasteiger partial charge in [0.2, 0.25) is 5.91 Å². The molecule has 0 unspecified atom stereocenters. The third-order valence-electron chi connectivity index (χ3n) is 2.73. The van der Waals surface area contributed by atoms with E-state index in [2.05, 4.69) is 33.0 Å². The molecule has 1 aliphatic rings. The number of carbonyl (C=O) groups is 1. The van der Waals surface area contributed by atoms with Gasteiger partial charge in [-0.05, 0) is 47.1 Å². The van der Waals surface area contributed by atoms with E-state index in [4.69, 9.17) is 0 Å². The topological polar surface area (TPSA) is 32.3 Å². The highest BCUT2D eigenvalue weighted by Crippen LogP contribution is 2.13. The molecule has 1 rings (SSSR count). The molecule has 0 saturated carbocycles. The molecule has 1 saturated heterocycles. The summed E-state index contributed by atoms with van der Waals surface area (Å²) in [6.45, 7) is 9.29. The largest absolute Gasteiger partial charge is 0.336 e. The Kier molecular flexibility index (Phi) is 5.88. The zero-order valence-corrected chi connectivity index (χ0v) is 9.71. The molecule has 0 bridgehead atoms. The monoisotopic (exact) mass is 214 g/mol. The highest BCUT2D eigenvalue weighted by molar-refractivity contribution is 5.82. The number of hydrogen-bond acceptors (Lipinski definition) is 2.